The first-order valence-electron chi connectivity index (χ1n) is 9.77. The number of carbonyl (C=O) groups is 1. The van der Waals surface area contributed by atoms with Gasteiger partial charge in [0.2, 0.25) is 0 Å². The molecule has 0 saturated heterocycles. The molecule has 1 aliphatic heterocycles. The Bertz CT molecular complexity index is 1170. The van der Waals surface area contributed by atoms with E-state index >= 15 is 0 Å². The first-order chi connectivity index (χ1) is 15.0. The largest absolute Gasteiger partial charge is 0.493 e. The van der Waals surface area contributed by atoms with Crippen molar-refractivity contribution >= 4 is 23.4 Å². The summed E-state index contributed by atoms with van der Waals surface area (Å²) < 4.78 is 24.6. The normalized spacial score (nSPS) is 14.7. The molecule has 3 aromatic rings. The predicted octanol–water partition coefficient (Wildman–Crippen LogP) is 5.22. The monoisotopic (exact) mass is 416 g/mol. The van der Waals surface area contributed by atoms with Crippen LogP contribution in [0, 0.1) is 5.82 Å². The molecule has 31 heavy (non-hydrogen) atoms. The Hall–Kier alpha value is -3.93. The lowest BCUT2D eigenvalue weighted by Gasteiger charge is -2.12. The highest BCUT2D eigenvalue weighted by Gasteiger charge is 2.28. The van der Waals surface area contributed by atoms with E-state index in [1.165, 1.54) is 17.1 Å². The topological polar surface area (TPSA) is 51.1 Å². The molecule has 0 aliphatic carbocycles. The van der Waals surface area contributed by atoms with Crippen molar-refractivity contribution in [2.75, 3.05) is 12.1 Å². The molecule has 0 N–H and O–H groups in total. The Kier molecular flexibility index (Phi) is 5.80. The molecule has 0 radical (unpaired) electrons. The van der Waals surface area contributed by atoms with Gasteiger partial charge in [0.1, 0.15) is 12.4 Å². The summed E-state index contributed by atoms with van der Waals surface area (Å²) in [6.45, 7) is 2.02. The number of para-hydroxylation sites is 1. The van der Waals surface area contributed by atoms with Crippen LogP contribution in [0.1, 0.15) is 18.1 Å². The Morgan fingerprint density at radius 1 is 1.00 bits per heavy atom. The number of rotatable bonds is 6. The molecule has 0 unspecified atom stereocenters. The predicted molar refractivity (Wildman–Crippen MR) is 119 cm³/mol. The summed E-state index contributed by atoms with van der Waals surface area (Å²) in [5.74, 6) is 0.556. The molecule has 5 nitrogen and oxygen atoms in total. The van der Waals surface area contributed by atoms with Crippen molar-refractivity contribution in [2.45, 2.75) is 13.5 Å². The van der Waals surface area contributed by atoms with Crippen LogP contribution in [0.2, 0.25) is 0 Å². The number of halogens is 1. The molecule has 4 rings (SSSR count). The van der Waals surface area contributed by atoms with Crippen molar-refractivity contribution in [1.29, 1.82) is 0 Å². The van der Waals surface area contributed by atoms with Gasteiger partial charge in [-0.05, 0) is 60.5 Å². The van der Waals surface area contributed by atoms with Gasteiger partial charge in [-0.3, -0.25) is 4.79 Å². The first kappa shape index (κ1) is 20.3. The van der Waals surface area contributed by atoms with E-state index in [4.69, 9.17) is 9.47 Å². The lowest BCUT2D eigenvalue weighted by Crippen LogP contribution is -2.21. The quantitative estimate of drug-likeness (QED) is 0.518. The van der Waals surface area contributed by atoms with Crippen LogP contribution in [-0.4, -0.2) is 18.7 Å². The number of anilines is 1. The number of benzene rings is 3. The zero-order valence-electron chi connectivity index (χ0n) is 17.2. The minimum absolute atomic E-state index is 0.186. The lowest BCUT2D eigenvalue weighted by molar-refractivity contribution is -0.114. The van der Waals surface area contributed by atoms with Gasteiger partial charge in [0.25, 0.3) is 5.91 Å². The Morgan fingerprint density at radius 2 is 1.81 bits per heavy atom. The summed E-state index contributed by atoms with van der Waals surface area (Å²) in [6.07, 6.45) is 1.78. The molecule has 1 aliphatic rings. The second-order valence-corrected chi connectivity index (χ2v) is 7.02. The highest BCUT2D eigenvalue weighted by molar-refractivity contribution is 6.32. The average Bonchev–Trinajstić information content (AvgIpc) is 3.07. The smallest absolute Gasteiger partial charge is 0.280 e. The van der Waals surface area contributed by atoms with Crippen LogP contribution >= 0.6 is 0 Å². The van der Waals surface area contributed by atoms with Crippen molar-refractivity contribution in [3.05, 3.63) is 95.3 Å². The highest BCUT2D eigenvalue weighted by atomic mass is 19.1. The van der Waals surface area contributed by atoms with Gasteiger partial charge in [-0.25, -0.2) is 4.39 Å². The van der Waals surface area contributed by atoms with Gasteiger partial charge in [0.05, 0.1) is 24.1 Å². The SMILES string of the molecule is COc1cc(/C=C2\C(=O)N(c3ccccc3)N=C2C)ccc1OCc1cccc(F)c1. The highest BCUT2D eigenvalue weighted by Crippen LogP contribution is 2.31. The zero-order chi connectivity index (χ0) is 21.8. The molecular weight excluding hydrogens is 395 g/mol. The summed E-state index contributed by atoms with van der Waals surface area (Å²) in [5.41, 5.74) is 3.37. The van der Waals surface area contributed by atoms with E-state index in [9.17, 15) is 9.18 Å². The Morgan fingerprint density at radius 3 is 2.55 bits per heavy atom. The third-order valence-corrected chi connectivity index (χ3v) is 4.85. The summed E-state index contributed by atoms with van der Waals surface area (Å²) in [7, 11) is 1.55. The number of nitrogens with zero attached hydrogens (tertiary/aromatic N) is 2. The molecule has 1 heterocycles. The molecule has 156 valence electrons. The first-order valence-corrected chi connectivity index (χ1v) is 9.77. The minimum Gasteiger partial charge on any atom is -0.493 e. The van der Waals surface area contributed by atoms with Gasteiger partial charge in [0, 0.05) is 0 Å². The van der Waals surface area contributed by atoms with Crippen LogP contribution in [0.15, 0.2) is 83.5 Å². The molecule has 0 aromatic heterocycles. The standard InChI is InChI=1S/C25H21FN2O3/c1-17-22(25(29)28(27-17)21-9-4-3-5-10-21)14-18-11-12-23(24(15-18)30-2)31-16-19-7-6-8-20(26)13-19/h3-15H,16H2,1-2H3/b22-14-. The fourth-order valence-corrected chi connectivity index (χ4v) is 3.28. The Labute approximate surface area is 180 Å². The maximum Gasteiger partial charge on any atom is 0.280 e. The molecule has 0 saturated carbocycles. The van der Waals surface area contributed by atoms with Crippen LogP contribution in [0.3, 0.4) is 0 Å². The molecular formula is C25H21FN2O3. The fourth-order valence-electron chi connectivity index (χ4n) is 3.28. The number of methoxy groups -OCH3 is 1. The number of carbonyl (C=O) groups excluding carboxylic acids is 1. The van der Waals surface area contributed by atoms with Gasteiger partial charge in [0.15, 0.2) is 11.5 Å². The zero-order valence-corrected chi connectivity index (χ0v) is 17.2. The molecule has 0 atom stereocenters. The summed E-state index contributed by atoms with van der Waals surface area (Å²) >= 11 is 0. The number of hydrogen-bond acceptors (Lipinski definition) is 4. The van der Waals surface area contributed by atoms with E-state index in [0.717, 1.165) is 11.1 Å². The van der Waals surface area contributed by atoms with Crippen molar-refractivity contribution in [2.24, 2.45) is 5.10 Å². The maximum atomic E-state index is 13.4. The van der Waals surface area contributed by atoms with Gasteiger partial charge in [-0.2, -0.15) is 10.1 Å². The van der Waals surface area contributed by atoms with Crippen molar-refractivity contribution in [1.82, 2.24) is 0 Å². The average molecular weight is 416 g/mol. The fraction of sp³-hybridized carbons (Fsp3) is 0.120. The molecule has 6 heteroatoms. The molecule has 1 amide bonds. The third-order valence-electron chi connectivity index (χ3n) is 4.85. The van der Waals surface area contributed by atoms with Crippen LogP contribution in [0.4, 0.5) is 10.1 Å². The van der Waals surface area contributed by atoms with E-state index in [1.807, 2.05) is 36.4 Å². The summed E-state index contributed by atoms with van der Waals surface area (Å²) in [4.78, 5) is 12.9. The van der Waals surface area contributed by atoms with E-state index in [2.05, 4.69) is 5.10 Å². The lowest BCUT2D eigenvalue weighted by atomic mass is 10.1. The second-order valence-electron chi connectivity index (χ2n) is 7.02. The van der Waals surface area contributed by atoms with Gasteiger partial charge in [-0.1, -0.05) is 36.4 Å². The molecule has 3 aromatic carbocycles. The summed E-state index contributed by atoms with van der Waals surface area (Å²) in [5, 5.41) is 5.79. The number of amides is 1. The van der Waals surface area contributed by atoms with Gasteiger partial charge >= 0.3 is 0 Å². The van der Waals surface area contributed by atoms with E-state index in [0.29, 0.717) is 28.5 Å². The van der Waals surface area contributed by atoms with Crippen LogP contribution in [0.5, 0.6) is 11.5 Å². The van der Waals surface area contributed by atoms with E-state index in [-0.39, 0.29) is 18.3 Å². The van der Waals surface area contributed by atoms with Crippen LogP contribution in [0.25, 0.3) is 6.08 Å². The van der Waals surface area contributed by atoms with E-state index in [1.54, 1.807) is 44.4 Å². The second kappa shape index (κ2) is 8.83. The number of hydrogen-bond donors (Lipinski definition) is 0. The van der Waals surface area contributed by atoms with Crippen LogP contribution in [-0.2, 0) is 11.4 Å². The Balaban J connectivity index is 1.54. The molecule has 0 spiro atoms. The van der Waals surface area contributed by atoms with Gasteiger partial charge in [-0.15, -0.1) is 0 Å². The minimum atomic E-state index is -0.308. The molecule has 0 bridgehead atoms. The van der Waals surface area contributed by atoms with Crippen molar-refractivity contribution in [3.8, 4) is 11.5 Å². The van der Waals surface area contributed by atoms with E-state index < -0.39 is 0 Å². The van der Waals surface area contributed by atoms with Gasteiger partial charge < -0.3 is 9.47 Å². The maximum absolute atomic E-state index is 13.4. The van der Waals surface area contributed by atoms with Crippen molar-refractivity contribution < 1.29 is 18.7 Å². The number of hydrazone groups is 1. The molecule has 0 fully saturated rings. The van der Waals surface area contributed by atoms with Crippen molar-refractivity contribution in [3.63, 3.8) is 0 Å². The van der Waals surface area contributed by atoms with Crippen LogP contribution < -0.4 is 14.5 Å². The number of ether oxygens (including phenoxy) is 2. The third kappa shape index (κ3) is 4.48. The summed E-state index contributed by atoms with van der Waals surface area (Å²) in [6, 6.07) is 20.9.